The highest BCUT2D eigenvalue weighted by Gasteiger charge is 2.41. The third kappa shape index (κ3) is 4.49. The van der Waals surface area contributed by atoms with Crippen molar-refractivity contribution < 1.29 is 22.8 Å². The number of hydrogen-bond acceptors (Lipinski definition) is 3. The molecule has 8 heteroatoms. The van der Waals surface area contributed by atoms with E-state index in [2.05, 4.69) is 4.98 Å². The van der Waals surface area contributed by atoms with E-state index in [1.165, 1.54) is 23.2 Å². The first-order chi connectivity index (χ1) is 13.3. The van der Waals surface area contributed by atoms with Crippen molar-refractivity contribution in [2.45, 2.75) is 25.9 Å². The maximum Gasteiger partial charge on any atom is 0.406 e. The molecule has 1 aromatic carbocycles. The van der Waals surface area contributed by atoms with E-state index in [1.54, 1.807) is 18.2 Å². The van der Waals surface area contributed by atoms with Crippen LogP contribution in [0.3, 0.4) is 0 Å². The Morgan fingerprint density at radius 3 is 2.50 bits per heavy atom. The molecule has 0 radical (unpaired) electrons. The van der Waals surface area contributed by atoms with E-state index < -0.39 is 24.5 Å². The fourth-order valence-corrected chi connectivity index (χ4v) is 3.22. The highest BCUT2D eigenvalue weighted by atomic mass is 19.4. The van der Waals surface area contributed by atoms with Crippen LogP contribution in [0.2, 0.25) is 0 Å². The zero-order chi connectivity index (χ0) is 20.3. The number of pyridine rings is 1. The summed E-state index contributed by atoms with van der Waals surface area (Å²) in [6.45, 7) is 0.612. The van der Waals surface area contributed by atoms with Gasteiger partial charge in [0, 0.05) is 24.8 Å². The van der Waals surface area contributed by atoms with Gasteiger partial charge in [-0.05, 0) is 36.2 Å². The van der Waals surface area contributed by atoms with E-state index in [-0.39, 0.29) is 24.7 Å². The summed E-state index contributed by atoms with van der Waals surface area (Å²) in [5.41, 5.74) is 1.74. The number of aromatic nitrogens is 1. The van der Waals surface area contributed by atoms with Gasteiger partial charge in [-0.3, -0.25) is 14.5 Å². The predicted octanol–water partition coefficient (Wildman–Crippen LogP) is 3.59. The number of carbonyl (C=O) groups is 2. The molecule has 2 aromatic rings. The maximum atomic E-state index is 13.0. The zero-order valence-electron chi connectivity index (χ0n) is 15.3. The van der Waals surface area contributed by atoms with E-state index in [4.69, 9.17) is 0 Å². The number of amides is 2. The van der Waals surface area contributed by atoms with E-state index in [1.807, 2.05) is 19.1 Å². The molecule has 1 saturated heterocycles. The van der Waals surface area contributed by atoms with E-state index in [0.29, 0.717) is 10.6 Å². The molecule has 28 heavy (non-hydrogen) atoms. The second kappa shape index (κ2) is 8.00. The minimum Gasteiger partial charge on any atom is -0.312 e. The van der Waals surface area contributed by atoms with Crippen LogP contribution in [0.25, 0.3) is 0 Å². The van der Waals surface area contributed by atoms with Crippen molar-refractivity contribution in [2.24, 2.45) is 5.92 Å². The Morgan fingerprint density at radius 2 is 1.93 bits per heavy atom. The second-order valence-electron chi connectivity index (χ2n) is 6.65. The van der Waals surface area contributed by atoms with Gasteiger partial charge in [-0.1, -0.05) is 25.1 Å². The van der Waals surface area contributed by atoms with Crippen molar-refractivity contribution >= 4 is 23.3 Å². The van der Waals surface area contributed by atoms with Crippen molar-refractivity contribution in [3.05, 3.63) is 54.2 Å². The van der Waals surface area contributed by atoms with Gasteiger partial charge in [0.15, 0.2) is 0 Å². The van der Waals surface area contributed by atoms with Gasteiger partial charge in [0.1, 0.15) is 12.4 Å². The van der Waals surface area contributed by atoms with Crippen molar-refractivity contribution in [3.8, 4) is 0 Å². The average molecular weight is 391 g/mol. The van der Waals surface area contributed by atoms with Crippen LogP contribution < -0.4 is 9.80 Å². The van der Waals surface area contributed by atoms with Gasteiger partial charge in [-0.15, -0.1) is 0 Å². The molecular weight excluding hydrogens is 371 g/mol. The van der Waals surface area contributed by atoms with Gasteiger partial charge in [-0.25, -0.2) is 4.98 Å². The molecule has 2 heterocycles. The van der Waals surface area contributed by atoms with Crippen molar-refractivity contribution in [2.75, 3.05) is 22.9 Å². The second-order valence-corrected chi connectivity index (χ2v) is 6.65. The molecule has 1 fully saturated rings. The molecular formula is C20H20F3N3O2. The Balaban J connectivity index is 1.80. The molecule has 1 atom stereocenters. The number of anilines is 2. The monoisotopic (exact) mass is 391 g/mol. The lowest BCUT2D eigenvalue weighted by atomic mass is 10.1. The molecule has 2 amide bonds. The Morgan fingerprint density at radius 1 is 1.21 bits per heavy atom. The lowest BCUT2D eigenvalue weighted by Crippen LogP contribution is -2.43. The van der Waals surface area contributed by atoms with Crippen LogP contribution in [0, 0.1) is 5.92 Å². The van der Waals surface area contributed by atoms with Crippen molar-refractivity contribution in [3.63, 3.8) is 0 Å². The number of carbonyl (C=O) groups excluding carboxylic acids is 2. The number of hydrogen-bond donors (Lipinski definition) is 0. The van der Waals surface area contributed by atoms with Crippen molar-refractivity contribution in [1.29, 1.82) is 0 Å². The number of rotatable bonds is 5. The highest BCUT2D eigenvalue weighted by Crippen LogP contribution is 2.29. The van der Waals surface area contributed by atoms with Crippen LogP contribution in [0.4, 0.5) is 24.7 Å². The summed E-state index contributed by atoms with van der Waals surface area (Å²) in [4.78, 5) is 31.2. The van der Waals surface area contributed by atoms with Crippen LogP contribution in [-0.4, -0.2) is 36.1 Å². The minimum absolute atomic E-state index is 0.0460. The molecule has 0 aliphatic carbocycles. The van der Waals surface area contributed by atoms with Crippen LogP contribution in [0.15, 0.2) is 48.7 Å². The first-order valence-corrected chi connectivity index (χ1v) is 8.97. The number of aryl methyl sites for hydroxylation is 1. The van der Waals surface area contributed by atoms with Gasteiger partial charge in [0.2, 0.25) is 11.8 Å². The lowest BCUT2D eigenvalue weighted by Gasteiger charge is -2.25. The average Bonchev–Trinajstić information content (AvgIpc) is 3.07. The van der Waals surface area contributed by atoms with Crippen LogP contribution >= 0.6 is 0 Å². The molecule has 0 N–H and O–H groups in total. The molecule has 5 nitrogen and oxygen atoms in total. The SMILES string of the molecule is CCc1ccc(N2CC(C(=O)N(CC(F)(F)F)c3ccccn3)CC2=O)cc1. The Bertz CT molecular complexity index is 838. The highest BCUT2D eigenvalue weighted by molar-refractivity contribution is 6.04. The topological polar surface area (TPSA) is 53.5 Å². The standard InChI is InChI=1S/C20H20F3N3O2/c1-2-14-6-8-16(9-7-14)25-12-15(11-18(25)27)19(28)26(13-20(21,22)23)17-5-3-4-10-24-17/h3-10,15H,2,11-13H2,1H3. The molecule has 1 aromatic heterocycles. The molecule has 1 aliphatic rings. The zero-order valence-corrected chi connectivity index (χ0v) is 15.3. The first kappa shape index (κ1) is 19.9. The maximum absolute atomic E-state index is 13.0. The van der Waals surface area contributed by atoms with Gasteiger partial charge < -0.3 is 4.90 Å². The van der Waals surface area contributed by atoms with E-state index >= 15 is 0 Å². The van der Waals surface area contributed by atoms with E-state index in [9.17, 15) is 22.8 Å². The molecule has 1 unspecified atom stereocenters. The van der Waals surface area contributed by atoms with Crippen LogP contribution in [0.5, 0.6) is 0 Å². The summed E-state index contributed by atoms with van der Waals surface area (Å²) in [5.74, 6) is -1.97. The van der Waals surface area contributed by atoms with Gasteiger partial charge >= 0.3 is 6.18 Å². The first-order valence-electron chi connectivity index (χ1n) is 8.97. The molecule has 0 bridgehead atoms. The molecule has 0 spiro atoms. The summed E-state index contributed by atoms with van der Waals surface area (Å²) in [6, 6.07) is 11.8. The fraction of sp³-hybridized carbons (Fsp3) is 0.350. The Kier molecular flexibility index (Phi) is 5.67. The summed E-state index contributed by atoms with van der Waals surface area (Å²) >= 11 is 0. The number of alkyl halides is 3. The van der Waals surface area contributed by atoms with Crippen LogP contribution in [0.1, 0.15) is 18.9 Å². The van der Waals surface area contributed by atoms with Gasteiger partial charge in [-0.2, -0.15) is 13.2 Å². The van der Waals surface area contributed by atoms with Crippen molar-refractivity contribution in [1.82, 2.24) is 4.98 Å². The van der Waals surface area contributed by atoms with Gasteiger partial charge in [0.25, 0.3) is 0 Å². The number of nitrogens with zero attached hydrogens (tertiary/aromatic N) is 3. The minimum atomic E-state index is -4.58. The molecule has 3 rings (SSSR count). The normalized spacial score (nSPS) is 17.1. The third-order valence-electron chi connectivity index (χ3n) is 4.66. The fourth-order valence-electron chi connectivity index (χ4n) is 3.22. The Hall–Kier alpha value is -2.90. The smallest absolute Gasteiger partial charge is 0.312 e. The molecule has 148 valence electrons. The molecule has 1 aliphatic heterocycles. The Labute approximate surface area is 160 Å². The summed E-state index contributed by atoms with van der Waals surface area (Å²) in [6.07, 6.45) is -2.53. The van der Waals surface area contributed by atoms with E-state index in [0.717, 1.165) is 12.0 Å². The summed E-state index contributed by atoms with van der Waals surface area (Å²) in [5, 5.41) is 0. The summed E-state index contributed by atoms with van der Waals surface area (Å²) < 4.78 is 39.1. The number of benzene rings is 1. The summed E-state index contributed by atoms with van der Waals surface area (Å²) in [7, 11) is 0. The number of halogens is 3. The quantitative estimate of drug-likeness (QED) is 0.783. The van der Waals surface area contributed by atoms with Crippen LogP contribution in [-0.2, 0) is 16.0 Å². The largest absolute Gasteiger partial charge is 0.406 e. The lowest BCUT2D eigenvalue weighted by molar-refractivity contribution is -0.134. The molecule has 0 saturated carbocycles. The third-order valence-corrected chi connectivity index (χ3v) is 4.66. The van der Waals surface area contributed by atoms with Gasteiger partial charge in [0.05, 0.1) is 5.92 Å². The predicted molar refractivity (Wildman–Crippen MR) is 98.9 cm³/mol.